The summed E-state index contributed by atoms with van der Waals surface area (Å²) in [5.41, 5.74) is 0.0220. The number of fused-ring (bicyclic) bond motifs is 1. The maximum absolute atomic E-state index is 13.2. The first-order valence-corrected chi connectivity index (χ1v) is 8.32. The van der Waals surface area contributed by atoms with Gasteiger partial charge in [-0.3, -0.25) is 4.79 Å². The summed E-state index contributed by atoms with van der Waals surface area (Å²) >= 11 is 0. The monoisotopic (exact) mass is 391 g/mol. The molecule has 0 aliphatic carbocycles. The molecule has 0 fully saturated rings. The Bertz CT molecular complexity index is 1260. The number of alkyl halides is 3. The Balaban J connectivity index is 1.96. The summed E-state index contributed by atoms with van der Waals surface area (Å²) in [7, 11) is 4.41. The molecule has 0 aliphatic heterocycles. The minimum Gasteiger partial charge on any atom is -0.376 e. The molecule has 0 saturated heterocycles. The van der Waals surface area contributed by atoms with Crippen LogP contribution >= 0.6 is 0 Å². The molecule has 0 spiro atoms. The lowest BCUT2D eigenvalue weighted by atomic mass is 10.1. The second-order valence-electron chi connectivity index (χ2n) is 6.61. The van der Waals surface area contributed by atoms with Crippen LogP contribution in [0, 0.1) is 6.92 Å². The first-order valence-electron chi connectivity index (χ1n) is 8.32. The highest BCUT2D eigenvalue weighted by Crippen LogP contribution is 2.32. The molecule has 0 unspecified atom stereocenters. The first kappa shape index (κ1) is 18.1. The molecule has 4 aromatic heterocycles. The third kappa shape index (κ3) is 2.63. The van der Waals surface area contributed by atoms with E-state index >= 15 is 0 Å². The molecule has 0 saturated carbocycles. The van der Waals surface area contributed by atoms with E-state index in [0.29, 0.717) is 27.5 Å². The maximum Gasteiger partial charge on any atom is 0.431 e. The Kier molecular flexibility index (Phi) is 3.78. The lowest BCUT2D eigenvalue weighted by Gasteiger charge is -2.12. The molecule has 10 heteroatoms. The van der Waals surface area contributed by atoms with Crippen molar-refractivity contribution in [1.29, 1.82) is 0 Å². The summed E-state index contributed by atoms with van der Waals surface area (Å²) in [6, 6.07) is 4.48. The number of rotatable bonds is 2. The van der Waals surface area contributed by atoms with Crippen LogP contribution in [0.1, 0.15) is 11.3 Å². The second-order valence-corrected chi connectivity index (χ2v) is 6.61. The van der Waals surface area contributed by atoms with Crippen molar-refractivity contribution in [3.8, 4) is 23.0 Å². The summed E-state index contributed by atoms with van der Waals surface area (Å²) in [6.07, 6.45) is -2.91. The number of hydrogen-bond acceptors (Lipinski definition) is 4. The standard InChI is InChI=1S/C18H16F3N5O2/c1-9-5-6-10(12-8-24(2)28-12)22-14(9)16-23-11-7-13(18(19,20)21)25(3)17(27)15(11)26(16)4/h5-8H,1-4H3. The van der Waals surface area contributed by atoms with Crippen LogP contribution in [0.3, 0.4) is 0 Å². The van der Waals surface area contributed by atoms with E-state index in [1.165, 1.54) is 9.31 Å². The molecule has 4 rings (SSSR count). The molecule has 4 heterocycles. The second kappa shape index (κ2) is 5.85. The average molecular weight is 391 g/mol. The largest absolute Gasteiger partial charge is 0.431 e. The topological polar surface area (TPSA) is 70.8 Å². The molecule has 0 N–H and O–H groups in total. The molecule has 0 atom stereocenters. The highest BCUT2D eigenvalue weighted by atomic mass is 19.4. The smallest absolute Gasteiger partial charge is 0.376 e. The zero-order valence-corrected chi connectivity index (χ0v) is 15.5. The molecule has 0 amide bonds. The Morgan fingerprint density at radius 2 is 1.75 bits per heavy atom. The van der Waals surface area contributed by atoms with Crippen molar-refractivity contribution in [3.63, 3.8) is 0 Å². The molecule has 0 bridgehead atoms. The van der Waals surface area contributed by atoms with Gasteiger partial charge in [0.2, 0.25) is 0 Å². The molecular formula is C18H16F3N5O2. The maximum atomic E-state index is 13.2. The Hall–Kier alpha value is -3.30. The number of imidazole rings is 1. The zero-order valence-electron chi connectivity index (χ0n) is 15.5. The third-order valence-corrected chi connectivity index (χ3v) is 4.66. The molecule has 0 radical (unpaired) electrons. The van der Waals surface area contributed by atoms with Crippen molar-refractivity contribution in [2.24, 2.45) is 21.1 Å². The summed E-state index contributed by atoms with van der Waals surface area (Å²) in [4.78, 5) is 21.4. The number of hydrogen-bond donors (Lipinski definition) is 0. The van der Waals surface area contributed by atoms with Crippen molar-refractivity contribution in [2.75, 3.05) is 0 Å². The van der Waals surface area contributed by atoms with Gasteiger partial charge in [-0.05, 0) is 24.6 Å². The summed E-state index contributed by atoms with van der Waals surface area (Å²) in [5.74, 6) is 0.872. The van der Waals surface area contributed by atoms with Gasteiger partial charge in [0, 0.05) is 21.1 Å². The zero-order chi connectivity index (χ0) is 20.4. The number of nitrogens with zero attached hydrogens (tertiary/aromatic N) is 5. The third-order valence-electron chi connectivity index (χ3n) is 4.66. The molecule has 28 heavy (non-hydrogen) atoms. The van der Waals surface area contributed by atoms with Crippen LogP contribution in [0.15, 0.2) is 33.7 Å². The normalized spacial score (nSPS) is 12.2. The van der Waals surface area contributed by atoms with Gasteiger partial charge in [0.05, 0.1) is 11.7 Å². The van der Waals surface area contributed by atoms with Gasteiger partial charge < -0.3 is 13.7 Å². The van der Waals surface area contributed by atoms with Crippen LogP contribution in [0.5, 0.6) is 0 Å². The van der Waals surface area contributed by atoms with E-state index in [0.717, 1.165) is 18.7 Å². The number of halogens is 3. The lowest BCUT2D eigenvalue weighted by Crippen LogP contribution is -2.26. The molecule has 7 nitrogen and oxygen atoms in total. The van der Waals surface area contributed by atoms with Gasteiger partial charge in [-0.25, -0.2) is 14.7 Å². The van der Waals surface area contributed by atoms with E-state index in [-0.39, 0.29) is 11.0 Å². The van der Waals surface area contributed by atoms with Crippen LogP contribution in [0.2, 0.25) is 0 Å². The molecular weight excluding hydrogens is 375 g/mol. The van der Waals surface area contributed by atoms with E-state index in [9.17, 15) is 18.0 Å². The van der Waals surface area contributed by atoms with E-state index < -0.39 is 17.4 Å². The highest BCUT2D eigenvalue weighted by Gasteiger charge is 2.35. The first-order chi connectivity index (χ1) is 13.1. The van der Waals surface area contributed by atoms with Crippen molar-refractivity contribution in [1.82, 2.24) is 23.8 Å². The summed E-state index contributed by atoms with van der Waals surface area (Å²) in [5, 5.41) is 0. The van der Waals surface area contributed by atoms with Gasteiger partial charge in [-0.15, -0.1) is 0 Å². The molecule has 0 aromatic carbocycles. The Labute approximate surface area is 156 Å². The van der Waals surface area contributed by atoms with Gasteiger partial charge in [-0.2, -0.15) is 13.2 Å². The van der Waals surface area contributed by atoms with Gasteiger partial charge in [0.1, 0.15) is 22.6 Å². The lowest BCUT2D eigenvalue weighted by molar-refractivity contribution is -0.143. The van der Waals surface area contributed by atoms with Crippen LogP contribution in [-0.4, -0.2) is 23.8 Å². The number of aromatic nitrogens is 5. The average Bonchev–Trinajstić information content (AvgIpc) is 2.92. The van der Waals surface area contributed by atoms with Crippen LogP contribution in [0.25, 0.3) is 34.0 Å². The van der Waals surface area contributed by atoms with E-state index in [2.05, 4.69) is 9.97 Å². The molecule has 0 aliphatic rings. The van der Waals surface area contributed by atoms with Crippen molar-refractivity contribution < 1.29 is 17.7 Å². The minimum atomic E-state index is -4.66. The summed E-state index contributed by atoms with van der Waals surface area (Å²) in [6.45, 7) is 1.81. The van der Waals surface area contributed by atoms with E-state index in [1.807, 2.05) is 13.0 Å². The Morgan fingerprint density at radius 3 is 2.36 bits per heavy atom. The van der Waals surface area contributed by atoms with E-state index in [1.54, 1.807) is 26.4 Å². The fraction of sp³-hybridized carbons (Fsp3) is 0.278. The SMILES string of the molecule is Cc1ccc(-c2cn(C)o2)nc1-c1nc2cc(C(F)(F)F)n(C)c(=O)c2n1C. The quantitative estimate of drug-likeness (QED) is 0.526. The Morgan fingerprint density at radius 1 is 1.07 bits per heavy atom. The molecule has 146 valence electrons. The van der Waals surface area contributed by atoms with Crippen LogP contribution in [0.4, 0.5) is 13.2 Å². The van der Waals surface area contributed by atoms with Gasteiger partial charge in [0.15, 0.2) is 11.6 Å². The van der Waals surface area contributed by atoms with E-state index in [4.69, 9.17) is 4.52 Å². The summed E-state index contributed by atoms with van der Waals surface area (Å²) < 4.78 is 48.7. The van der Waals surface area contributed by atoms with Crippen molar-refractivity contribution >= 4 is 11.0 Å². The fourth-order valence-corrected chi connectivity index (χ4v) is 3.18. The highest BCUT2D eigenvalue weighted by molar-refractivity contribution is 5.80. The van der Waals surface area contributed by atoms with Gasteiger partial charge in [0.25, 0.3) is 5.56 Å². The predicted octanol–water partition coefficient (Wildman–Crippen LogP) is 3.26. The van der Waals surface area contributed by atoms with Crippen molar-refractivity contribution in [2.45, 2.75) is 13.1 Å². The van der Waals surface area contributed by atoms with Crippen LogP contribution in [-0.2, 0) is 27.3 Å². The number of aryl methyl sites for hydroxylation is 3. The van der Waals surface area contributed by atoms with Gasteiger partial charge in [-0.1, -0.05) is 6.07 Å². The minimum absolute atomic E-state index is 0.0293. The molecule has 4 aromatic rings. The van der Waals surface area contributed by atoms with Crippen molar-refractivity contribution in [3.05, 3.63) is 46.0 Å². The number of pyridine rings is 2. The van der Waals surface area contributed by atoms with Gasteiger partial charge >= 0.3 is 6.18 Å². The predicted molar refractivity (Wildman–Crippen MR) is 95.6 cm³/mol. The fourth-order valence-electron chi connectivity index (χ4n) is 3.18. The van der Waals surface area contributed by atoms with Crippen LogP contribution < -0.4 is 5.56 Å².